The van der Waals surface area contributed by atoms with Gasteiger partial charge in [0.1, 0.15) is 6.61 Å². The van der Waals surface area contributed by atoms with Crippen LogP contribution in [0.1, 0.15) is 26.3 Å². The Labute approximate surface area is 163 Å². The molecular weight excluding hydrogens is 374 g/mol. The molecule has 0 fully saturated rings. The lowest BCUT2D eigenvalue weighted by Crippen LogP contribution is -2.29. The second-order valence-corrected chi connectivity index (χ2v) is 7.57. The topological polar surface area (TPSA) is 63.7 Å². The van der Waals surface area contributed by atoms with Gasteiger partial charge in [-0.15, -0.1) is 16.4 Å². The Morgan fingerprint density at radius 3 is 2.14 bits per heavy atom. The first-order valence-electron chi connectivity index (χ1n) is 8.69. The minimum atomic E-state index is -0.473. The zero-order valence-corrected chi connectivity index (χ0v) is 15.4. The van der Waals surface area contributed by atoms with E-state index < -0.39 is 11.8 Å². The molecule has 0 aliphatic carbocycles. The number of imide groups is 1. The maximum Gasteiger partial charge on any atom is 0.285 e. The van der Waals surface area contributed by atoms with Gasteiger partial charge in [-0.05, 0) is 42.0 Å². The van der Waals surface area contributed by atoms with E-state index in [4.69, 9.17) is 4.84 Å². The molecule has 3 aromatic carbocycles. The van der Waals surface area contributed by atoms with Crippen LogP contribution >= 0.6 is 11.3 Å². The molecule has 0 unspecified atom stereocenters. The molecular formula is C22H13NO4S. The number of nitrogens with zero attached hydrogens (tertiary/aromatic N) is 1. The summed E-state index contributed by atoms with van der Waals surface area (Å²) in [4.78, 5) is 43.1. The average molecular weight is 387 g/mol. The van der Waals surface area contributed by atoms with E-state index in [0.29, 0.717) is 27.5 Å². The number of amides is 2. The van der Waals surface area contributed by atoms with Crippen molar-refractivity contribution in [2.24, 2.45) is 0 Å². The number of benzene rings is 3. The Hall–Kier alpha value is -3.35. The van der Waals surface area contributed by atoms with Gasteiger partial charge in [-0.2, -0.15) is 0 Å². The van der Waals surface area contributed by atoms with Crippen molar-refractivity contribution < 1.29 is 14.4 Å². The first-order chi connectivity index (χ1) is 13.6. The van der Waals surface area contributed by atoms with E-state index in [-0.39, 0.29) is 12.0 Å². The van der Waals surface area contributed by atoms with E-state index in [1.165, 1.54) is 0 Å². The van der Waals surface area contributed by atoms with Crippen LogP contribution in [0.3, 0.4) is 0 Å². The van der Waals surface area contributed by atoms with Crippen molar-refractivity contribution in [3.8, 4) is 0 Å². The van der Waals surface area contributed by atoms with Crippen LogP contribution in [0.2, 0.25) is 0 Å². The lowest BCUT2D eigenvalue weighted by molar-refractivity contribution is -0.101. The summed E-state index contributed by atoms with van der Waals surface area (Å²) in [5.74, 6) is -0.946. The highest BCUT2D eigenvalue weighted by atomic mass is 32.1. The molecule has 0 saturated heterocycles. The van der Waals surface area contributed by atoms with Gasteiger partial charge < -0.3 is 0 Å². The molecule has 1 aliphatic rings. The molecule has 4 aromatic rings. The number of hydrogen-bond donors (Lipinski definition) is 0. The summed E-state index contributed by atoms with van der Waals surface area (Å²) in [6, 6.07) is 19.6. The van der Waals surface area contributed by atoms with Crippen LogP contribution in [-0.4, -0.2) is 16.9 Å². The first kappa shape index (κ1) is 16.8. The van der Waals surface area contributed by atoms with Crippen LogP contribution < -0.4 is 5.43 Å². The van der Waals surface area contributed by atoms with Gasteiger partial charge in [0.25, 0.3) is 11.8 Å². The first-order valence-corrected chi connectivity index (χ1v) is 9.50. The molecule has 1 aromatic heterocycles. The van der Waals surface area contributed by atoms with Crippen molar-refractivity contribution in [2.45, 2.75) is 6.61 Å². The van der Waals surface area contributed by atoms with Gasteiger partial charge in [0, 0.05) is 20.2 Å². The van der Waals surface area contributed by atoms with Crippen LogP contribution in [0.15, 0.2) is 71.5 Å². The number of rotatable bonds is 3. The highest BCUT2D eigenvalue weighted by Crippen LogP contribution is 2.26. The molecule has 0 N–H and O–H groups in total. The molecule has 2 heterocycles. The molecule has 28 heavy (non-hydrogen) atoms. The average Bonchev–Trinajstić information content (AvgIpc) is 2.97. The molecule has 6 heteroatoms. The van der Waals surface area contributed by atoms with Crippen molar-refractivity contribution in [2.75, 3.05) is 0 Å². The van der Waals surface area contributed by atoms with Crippen LogP contribution in [0, 0.1) is 0 Å². The zero-order valence-electron chi connectivity index (χ0n) is 14.5. The van der Waals surface area contributed by atoms with E-state index in [1.54, 1.807) is 41.7 Å². The molecule has 136 valence electrons. The normalized spacial score (nSPS) is 13.5. The molecule has 5 nitrogen and oxygen atoms in total. The van der Waals surface area contributed by atoms with Gasteiger partial charge in [0.15, 0.2) is 5.43 Å². The quantitative estimate of drug-likeness (QED) is 0.391. The van der Waals surface area contributed by atoms with E-state index >= 15 is 0 Å². The predicted molar refractivity (Wildman–Crippen MR) is 107 cm³/mol. The monoisotopic (exact) mass is 387 g/mol. The molecule has 0 atom stereocenters. The lowest BCUT2D eigenvalue weighted by atomic mass is 10.1. The van der Waals surface area contributed by atoms with Crippen molar-refractivity contribution in [3.63, 3.8) is 0 Å². The van der Waals surface area contributed by atoms with Crippen LogP contribution in [0.4, 0.5) is 0 Å². The fraction of sp³-hybridized carbons (Fsp3) is 0.0455. The minimum Gasteiger partial charge on any atom is -0.289 e. The van der Waals surface area contributed by atoms with Crippen LogP contribution in [-0.2, 0) is 11.4 Å². The smallest absolute Gasteiger partial charge is 0.285 e. The Morgan fingerprint density at radius 2 is 1.39 bits per heavy atom. The standard InChI is InChI=1S/C22H13NO4S/c24-20-16-7-3-4-8-18(16)28-19-10-9-13(11-17(19)20)12-27-23-21(25)14-5-1-2-6-15(14)22(23)26/h1-11H,12H2. The molecule has 0 bridgehead atoms. The number of carbonyl (C=O) groups is 2. The van der Waals surface area contributed by atoms with Crippen LogP contribution in [0.25, 0.3) is 20.2 Å². The highest BCUT2D eigenvalue weighted by Gasteiger charge is 2.36. The summed E-state index contributed by atoms with van der Waals surface area (Å²) in [7, 11) is 0. The summed E-state index contributed by atoms with van der Waals surface area (Å²) < 4.78 is 1.82. The fourth-order valence-corrected chi connectivity index (χ4v) is 4.42. The Morgan fingerprint density at radius 1 is 0.750 bits per heavy atom. The van der Waals surface area contributed by atoms with Gasteiger partial charge in [-0.1, -0.05) is 30.3 Å². The second kappa shape index (κ2) is 6.37. The molecule has 5 rings (SSSR count). The van der Waals surface area contributed by atoms with Gasteiger partial charge in [-0.3, -0.25) is 19.2 Å². The maximum absolute atomic E-state index is 12.8. The van der Waals surface area contributed by atoms with E-state index in [0.717, 1.165) is 14.5 Å². The SMILES string of the molecule is O=C1c2ccccc2C(=O)N1OCc1ccc2sc3ccccc3c(=O)c2c1. The molecule has 0 radical (unpaired) electrons. The van der Waals surface area contributed by atoms with Crippen molar-refractivity contribution >= 4 is 43.3 Å². The third-order valence-electron chi connectivity index (χ3n) is 4.76. The molecule has 0 spiro atoms. The third kappa shape index (κ3) is 2.54. The Kier molecular flexibility index (Phi) is 3.82. The summed E-state index contributed by atoms with van der Waals surface area (Å²) in [5, 5.41) is 2.07. The van der Waals surface area contributed by atoms with Crippen LogP contribution in [0.5, 0.6) is 0 Å². The number of hydroxylamine groups is 2. The van der Waals surface area contributed by atoms with Gasteiger partial charge >= 0.3 is 0 Å². The lowest BCUT2D eigenvalue weighted by Gasteiger charge is -2.13. The number of fused-ring (bicyclic) bond motifs is 3. The second-order valence-electron chi connectivity index (χ2n) is 6.48. The summed E-state index contributed by atoms with van der Waals surface area (Å²) in [6.07, 6.45) is 0. The third-order valence-corrected chi connectivity index (χ3v) is 5.91. The Balaban J connectivity index is 1.46. The van der Waals surface area contributed by atoms with Crippen molar-refractivity contribution in [3.05, 3.63) is 93.6 Å². The zero-order chi connectivity index (χ0) is 19.3. The molecule has 2 amide bonds. The van der Waals surface area contributed by atoms with E-state index in [2.05, 4.69) is 0 Å². The minimum absolute atomic E-state index is 0.0122. The number of carbonyl (C=O) groups excluding carboxylic acids is 2. The number of hydrogen-bond acceptors (Lipinski definition) is 5. The summed E-state index contributed by atoms with van der Waals surface area (Å²) >= 11 is 1.55. The van der Waals surface area contributed by atoms with Gasteiger partial charge in [-0.25, -0.2) is 0 Å². The summed E-state index contributed by atoms with van der Waals surface area (Å²) in [6.45, 7) is 0.0122. The van der Waals surface area contributed by atoms with Gasteiger partial charge in [0.2, 0.25) is 0 Å². The molecule has 0 saturated carbocycles. The van der Waals surface area contributed by atoms with E-state index in [9.17, 15) is 14.4 Å². The molecule has 1 aliphatic heterocycles. The fourth-order valence-electron chi connectivity index (χ4n) is 3.36. The van der Waals surface area contributed by atoms with Gasteiger partial charge in [0.05, 0.1) is 11.1 Å². The van der Waals surface area contributed by atoms with Crippen molar-refractivity contribution in [1.82, 2.24) is 5.06 Å². The Bertz CT molecular complexity index is 1310. The predicted octanol–water partition coefficient (Wildman–Crippen LogP) is 4.14. The summed E-state index contributed by atoms with van der Waals surface area (Å²) in [5.41, 5.74) is 1.35. The van der Waals surface area contributed by atoms with E-state index in [1.807, 2.05) is 36.4 Å². The van der Waals surface area contributed by atoms with Crippen molar-refractivity contribution in [1.29, 1.82) is 0 Å². The highest BCUT2D eigenvalue weighted by molar-refractivity contribution is 7.24. The maximum atomic E-state index is 12.8. The largest absolute Gasteiger partial charge is 0.289 e.